The van der Waals surface area contributed by atoms with Gasteiger partial charge in [-0.2, -0.15) is 0 Å². The zero-order valence-corrected chi connectivity index (χ0v) is 16.6. The zero-order chi connectivity index (χ0) is 18.7. The Bertz CT molecular complexity index is 986. The summed E-state index contributed by atoms with van der Waals surface area (Å²) in [7, 11) is -3.28. The van der Waals surface area contributed by atoms with E-state index in [-0.39, 0.29) is 0 Å². The van der Waals surface area contributed by atoms with Gasteiger partial charge in [0.05, 0.1) is 29.5 Å². The molecule has 1 aromatic carbocycles. The number of sulfonamides is 1. The Hall–Kier alpha value is -2.16. The van der Waals surface area contributed by atoms with Crippen LogP contribution in [0.15, 0.2) is 48.0 Å². The Morgan fingerprint density at radius 1 is 1.19 bits per heavy atom. The molecule has 2 heterocycles. The average Bonchev–Trinajstić information content (AvgIpc) is 3.05. The van der Waals surface area contributed by atoms with Gasteiger partial charge in [-0.15, -0.1) is 11.3 Å². The normalized spacial score (nSPS) is 11.3. The number of rotatable bonds is 6. The van der Waals surface area contributed by atoms with E-state index in [0.717, 1.165) is 22.1 Å². The molecule has 9 heteroatoms. The largest absolute Gasteiger partial charge is 0.330 e. The molecule has 3 rings (SSSR count). The van der Waals surface area contributed by atoms with Gasteiger partial charge in [-0.25, -0.2) is 18.4 Å². The topological polar surface area (TPSA) is 75.2 Å². The first kappa shape index (κ1) is 18.6. The molecule has 0 unspecified atom stereocenters. The molecule has 1 N–H and O–H groups in total. The molecule has 136 valence electrons. The maximum atomic E-state index is 11.8. The highest BCUT2D eigenvalue weighted by atomic mass is 35.5. The number of hydrogen-bond acceptors (Lipinski definition) is 6. The van der Waals surface area contributed by atoms with Gasteiger partial charge in [0.1, 0.15) is 5.15 Å². The van der Waals surface area contributed by atoms with Crippen LogP contribution >= 0.6 is 22.9 Å². The highest BCUT2D eigenvalue weighted by Crippen LogP contribution is 2.29. The predicted molar refractivity (Wildman–Crippen MR) is 108 cm³/mol. The van der Waals surface area contributed by atoms with Crippen LogP contribution in [0.1, 0.15) is 6.92 Å². The van der Waals surface area contributed by atoms with E-state index in [4.69, 9.17) is 11.6 Å². The fourth-order valence-electron chi connectivity index (χ4n) is 2.44. The van der Waals surface area contributed by atoms with Gasteiger partial charge < -0.3 is 5.32 Å². The van der Waals surface area contributed by atoms with Gasteiger partial charge in [0.25, 0.3) is 0 Å². The SMILES string of the molecule is CCN(c1ccc(-c2csc(Nc3ccc(Cl)nc3)n2)cc1)S(C)(=O)=O. The number of pyridine rings is 1. The summed E-state index contributed by atoms with van der Waals surface area (Å²) in [5.41, 5.74) is 3.17. The number of benzene rings is 1. The Morgan fingerprint density at radius 2 is 1.92 bits per heavy atom. The van der Waals surface area contributed by atoms with E-state index in [1.165, 1.54) is 21.9 Å². The van der Waals surface area contributed by atoms with E-state index >= 15 is 0 Å². The van der Waals surface area contributed by atoms with Gasteiger partial charge in [0.15, 0.2) is 5.13 Å². The molecule has 3 aromatic rings. The van der Waals surface area contributed by atoms with Crippen LogP contribution in [0.5, 0.6) is 0 Å². The highest BCUT2D eigenvalue weighted by Gasteiger charge is 2.15. The van der Waals surface area contributed by atoms with Crippen molar-refractivity contribution in [3.63, 3.8) is 0 Å². The van der Waals surface area contributed by atoms with E-state index < -0.39 is 10.0 Å². The summed E-state index contributed by atoms with van der Waals surface area (Å²) < 4.78 is 25.0. The fourth-order valence-corrected chi connectivity index (χ4v) is 4.27. The third-order valence-corrected chi connectivity index (χ3v) is 5.87. The van der Waals surface area contributed by atoms with Crippen molar-refractivity contribution in [1.29, 1.82) is 0 Å². The second kappa shape index (κ2) is 7.61. The number of hydrogen-bond donors (Lipinski definition) is 1. The molecule has 0 bridgehead atoms. The summed E-state index contributed by atoms with van der Waals surface area (Å²) in [6.45, 7) is 2.19. The minimum Gasteiger partial charge on any atom is -0.330 e. The molecule has 0 aliphatic rings. The van der Waals surface area contributed by atoms with E-state index in [2.05, 4.69) is 15.3 Å². The minimum atomic E-state index is -3.28. The van der Waals surface area contributed by atoms with Gasteiger partial charge in [0, 0.05) is 17.5 Å². The van der Waals surface area contributed by atoms with E-state index in [9.17, 15) is 8.42 Å². The second-order valence-electron chi connectivity index (χ2n) is 5.51. The van der Waals surface area contributed by atoms with Gasteiger partial charge in [-0.05, 0) is 31.2 Å². The summed E-state index contributed by atoms with van der Waals surface area (Å²) in [5, 5.41) is 6.29. The molecule has 2 aromatic heterocycles. The Balaban J connectivity index is 1.78. The smallest absolute Gasteiger partial charge is 0.232 e. The molecule has 0 fully saturated rings. The van der Waals surface area contributed by atoms with Crippen LogP contribution in [0.2, 0.25) is 5.15 Å². The maximum absolute atomic E-state index is 11.8. The minimum absolute atomic E-state index is 0.387. The number of nitrogens with zero attached hydrogens (tertiary/aromatic N) is 3. The summed E-state index contributed by atoms with van der Waals surface area (Å²) in [6.07, 6.45) is 2.84. The van der Waals surface area contributed by atoms with Crippen LogP contribution in [-0.4, -0.2) is 31.2 Å². The maximum Gasteiger partial charge on any atom is 0.232 e. The average molecular weight is 409 g/mol. The van der Waals surface area contributed by atoms with Crippen LogP contribution in [0.3, 0.4) is 0 Å². The second-order valence-corrected chi connectivity index (χ2v) is 8.66. The fraction of sp³-hybridized carbons (Fsp3) is 0.176. The molecule has 0 radical (unpaired) electrons. The lowest BCUT2D eigenvalue weighted by molar-refractivity contribution is 0.598. The molecular weight excluding hydrogens is 392 g/mol. The van der Waals surface area contributed by atoms with Crippen molar-refractivity contribution in [3.8, 4) is 11.3 Å². The van der Waals surface area contributed by atoms with Crippen molar-refractivity contribution in [2.75, 3.05) is 22.4 Å². The summed E-state index contributed by atoms with van der Waals surface area (Å²) in [5.74, 6) is 0. The van der Waals surface area contributed by atoms with Crippen LogP contribution in [0.4, 0.5) is 16.5 Å². The zero-order valence-electron chi connectivity index (χ0n) is 14.2. The summed E-state index contributed by atoms with van der Waals surface area (Å²) in [6, 6.07) is 10.8. The van der Waals surface area contributed by atoms with Crippen LogP contribution < -0.4 is 9.62 Å². The molecule has 0 saturated heterocycles. The number of thiazole rings is 1. The van der Waals surface area contributed by atoms with Gasteiger partial charge in [-0.3, -0.25) is 4.31 Å². The molecular formula is C17H17ClN4O2S2. The van der Waals surface area contributed by atoms with Crippen molar-refractivity contribution in [2.45, 2.75) is 6.92 Å². The first-order valence-electron chi connectivity index (χ1n) is 7.79. The Labute approximate surface area is 161 Å². The summed E-state index contributed by atoms with van der Waals surface area (Å²) in [4.78, 5) is 8.58. The molecule has 6 nitrogen and oxygen atoms in total. The van der Waals surface area contributed by atoms with Crippen molar-refractivity contribution in [2.24, 2.45) is 0 Å². The van der Waals surface area contributed by atoms with Crippen molar-refractivity contribution < 1.29 is 8.42 Å². The lowest BCUT2D eigenvalue weighted by Gasteiger charge is -2.20. The standard InChI is InChI=1S/C17H17ClN4O2S2/c1-3-22(26(2,23)24)14-7-4-12(5-8-14)15-11-25-17(21-15)20-13-6-9-16(18)19-10-13/h4-11H,3H2,1-2H3,(H,20,21). The van der Waals surface area contributed by atoms with Crippen LogP contribution in [-0.2, 0) is 10.0 Å². The van der Waals surface area contributed by atoms with E-state index in [1.54, 1.807) is 31.3 Å². The molecule has 0 amide bonds. The highest BCUT2D eigenvalue weighted by molar-refractivity contribution is 7.92. The van der Waals surface area contributed by atoms with Gasteiger partial charge >= 0.3 is 0 Å². The molecule has 26 heavy (non-hydrogen) atoms. The number of aromatic nitrogens is 2. The van der Waals surface area contributed by atoms with E-state index in [0.29, 0.717) is 17.4 Å². The monoisotopic (exact) mass is 408 g/mol. The van der Waals surface area contributed by atoms with Crippen molar-refractivity contribution in [3.05, 3.63) is 53.1 Å². The Morgan fingerprint density at radius 3 is 2.50 bits per heavy atom. The third kappa shape index (κ3) is 4.32. The predicted octanol–water partition coefficient (Wildman–Crippen LogP) is 4.39. The molecule has 0 spiro atoms. The Kier molecular flexibility index (Phi) is 5.45. The molecule has 0 atom stereocenters. The molecule has 0 aliphatic carbocycles. The number of nitrogens with one attached hydrogen (secondary N) is 1. The summed E-state index contributed by atoms with van der Waals surface area (Å²) >= 11 is 7.25. The third-order valence-electron chi connectivity index (χ3n) is 3.62. The lowest BCUT2D eigenvalue weighted by atomic mass is 10.1. The molecule has 0 aliphatic heterocycles. The first-order chi connectivity index (χ1) is 12.4. The first-order valence-corrected chi connectivity index (χ1v) is 10.9. The van der Waals surface area contributed by atoms with E-state index in [1.807, 2.05) is 23.6 Å². The van der Waals surface area contributed by atoms with Gasteiger partial charge in [-0.1, -0.05) is 23.7 Å². The quantitative estimate of drug-likeness (QED) is 0.612. The van der Waals surface area contributed by atoms with Crippen molar-refractivity contribution in [1.82, 2.24) is 9.97 Å². The number of anilines is 3. The lowest BCUT2D eigenvalue weighted by Crippen LogP contribution is -2.29. The van der Waals surface area contributed by atoms with Crippen LogP contribution in [0, 0.1) is 0 Å². The number of halogens is 1. The van der Waals surface area contributed by atoms with Crippen molar-refractivity contribution >= 4 is 49.5 Å². The van der Waals surface area contributed by atoms with Crippen LogP contribution in [0.25, 0.3) is 11.3 Å². The molecule has 0 saturated carbocycles. The van der Waals surface area contributed by atoms with Gasteiger partial charge in [0.2, 0.25) is 10.0 Å².